The van der Waals surface area contributed by atoms with E-state index in [1.807, 2.05) is 31.2 Å². The van der Waals surface area contributed by atoms with Crippen molar-refractivity contribution >= 4 is 11.8 Å². The number of carbonyl (C=O) groups is 2. The summed E-state index contributed by atoms with van der Waals surface area (Å²) in [4.78, 5) is 24.2. The zero-order valence-corrected chi connectivity index (χ0v) is 13.9. The van der Waals surface area contributed by atoms with Gasteiger partial charge in [0.1, 0.15) is 11.2 Å². The highest BCUT2D eigenvalue weighted by Crippen LogP contribution is 2.15. The van der Waals surface area contributed by atoms with Gasteiger partial charge in [-0.15, -0.1) is 0 Å². The number of amides is 2. The van der Waals surface area contributed by atoms with E-state index in [0.717, 1.165) is 17.7 Å². The summed E-state index contributed by atoms with van der Waals surface area (Å²) in [7, 11) is 1.63. The molecular formula is C17H26N2O3. The van der Waals surface area contributed by atoms with Gasteiger partial charge < -0.3 is 15.4 Å². The maximum absolute atomic E-state index is 12.2. The first-order valence-electron chi connectivity index (χ1n) is 7.61. The molecule has 0 aliphatic rings. The lowest BCUT2D eigenvalue weighted by atomic mass is 9.91. The van der Waals surface area contributed by atoms with Gasteiger partial charge in [0.15, 0.2) is 0 Å². The molecule has 22 heavy (non-hydrogen) atoms. The summed E-state index contributed by atoms with van der Waals surface area (Å²) >= 11 is 0. The molecule has 122 valence electrons. The van der Waals surface area contributed by atoms with Crippen LogP contribution in [0.15, 0.2) is 24.3 Å². The van der Waals surface area contributed by atoms with E-state index in [9.17, 15) is 9.59 Å². The standard InChI is InChI=1S/C17H26N2O3/c1-5-11-18-15(20)17(2,3)16(21)19-12-10-13-6-8-14(22-4)9-7-13/h6-9H,5,10-12H2,1-4H3,(H,18,20)(H,19,21). The van der Waals surface area contributed by atoms with Crippen LogP contribution in [0, 0.1) is 5.41 Å². The smallest absolute Gasteiger partial charge is 0.235 e. The van der Waals surface area contributed by atoms with Gasteiger partial charge in [-0.3, -0.25) is 9.59 Å². The van der Waals surface area contributed by atoms with E-state index < -0.39 is 5.41 Å². The third-order valence-electron chi connectivity index (χ3n) is 3.53. The van der Waals surface area contributed by atoms with E-state index in [-0.39, 0.29) is 11.8 Å². The van der Waals surface area contributed by atoms with Crippen molar-refractivity contribution in [3.8, 4) is 5.75 Å². The first-order valence-corrected chi connectivity index (χ1v) is 7.61. The fraction of sp³-hybridized carbons (Fsp3) is 0.529. The molecule has 1 aromatic rings. The predicted molar refractivity (Wildman–Crippen MR) is 86.8 cm³/mol. The van der Waals surface area contributed by atoms with Crippen molar-refractivity contribution in [3.63, 3.8) is 0 Å². The van der Waals surface area contributed by atoms with Crippen LogP contribution in [0.2, 0.25) is 0 Å². The lowest BCUT2D eigenvalue weighted by Crippen LogP contribution is -2.48. The number of hydrogen-bond donors (Lipinski definition) is 2. The van der Waals surface area contributed by atoms with Gasteiger partial charge in [-0.2, -0.15) is 0 Å². The first kappa shape index (κ1) is 18.0. The molecule has 2 N–H and O–H groups in total. The molecule has 0 spiro atoms. The molecule has 0 unspecified atom stereocenters. The van der Waals surface area contributed by atoms with Crippen LogP contribution < -0.4 is 15.4 Å². The number of benzene rings is 1. The monoisotopic (exact) mass is 306 g/mol. The summed E-state index contributed by atoms with van der Waals surface area (Å²) < 4.78 is 5.10. The van der Waals surface area contributed by atoms with Crippen LogP contribution in [0.25, 0.3) is 0 Å². The minimum Gasteiger partial charge on any atom is -0.497 e. The molecule has 0 saturated heterocycles. The predicted octanol–water partition coefficient (Wildman–Crippen LogP) is 1.91. The second-order valence-electron chi connectivity index (χ2n) is 5.73. The molecule has 5 heteroatoms. The molecule has 1 aromatic carbocycles. The van der Waals surface area contributed by atoms with E-state index in [1.165, 1.54) is 0 Å². The zero-order chi connectivity index (χ0) is 16.6. The molecule has 0 atom stereocenters. The van der Waals surface area contributed by atoms with Crippen molar-refractivity contribution in [2.24, 2.45) is 5.41 Å². The van der Waals surface area contributed by atoms with Gasteiger partial charge in [0, 0.05) is 13.1 Å². The van der Waals surface area contributed by atoms with Gasteiger partial charge in [-0.1, -0.05) is 19.1 Å². The normalized spacial score (nSPS) is 10.9. The topological polar surface area (TPSA) is 67.4 Å². The minimum absolute atomic E-state index is 0.240. The Labute approximate surface area is 132 Å². The maximum atomic E-state index is 12.2. The van der Waals surface area contributed by atoms with Gasteiger partial charge >= 0.3 is 0 Å². The van der Waals surface area contributed by atoms with Gasteiger partial charge in [0.25, 0.3) is 0 Å². The number of carbonyl (C=O) groups excluding carboxylic acids is 2. The summed E-state index contributed by atoms with van der Waals surface area (Å²) in [5, 5.41) is 5.59. The number of nitrogens with one attached hydrogen (secondary N) is 2. The van der Waals surface area contributed by atoms with Gasteiger partial charge in [-0.25, -0.2) is 0 Å². The van der Waals surface area contributed by atoms with Crippen LogP contribution in [0.4, 0.5) is 0 Å². The third kappa shape index (κ3) is 5.06. The number of methoxy groups -OCH3 is 1. The molecule has 0 aromatic heterocycles. The summed E-state index contributed by atoms with van der Waals surface area (Å²) in [5.74, 6) is 0.312. The molecule has 0 radical (unpaired) electrons. The van der Waals surface area contributed by atoms with Crippen LogP contribution in [-0.4, -0.2) is 32.0 Å². The quantitative estimate of drug-likeness (QED) is 0.721. The highest BCUT2D eigenvalue weighted by atomic mass is 16.5. The fourth-order valence-corrected chi connectivity index (χ4v) is 1.90. The van der Waals surface area contributed by atoms with Gasteiger partial charge in [0.2, 0.25) is 11.8 Å². The Bertz CT molecular complexity index is 495. The number of ether oxygens (including phenoxy) is 1. The highest BCUT2D eigenvalue weighted by Gasteiger charge is 2.35. The Hall–Kier alpha value is -2.04. The van der Waals surface area contributed by atoms with Crippen LogP contribution in [-0.2, 0) is 16.0 Å². The highest BCUT2D eigenvalue weighted by molar-refractivity contribution is 6.04. The second-order valence-corrected chi connectivity index (χ2v) is 5.73. The summed E-state index contributed by atoms with van der Waals surface area (Å²) in [6.45, 7) is 6.33. The number of rotatable bonds is 8. The molecule has 5 nitrogen and oxygen atoms in total. The van der Waals surface area contributed by atoms with Crippen LogP contribution in [0.5, 0.6) is 5.75 Å². The van der Waals surface area contributed by atoms with Crippen molar-refractivity contribution in [1.29, 1.82) is 0 Å². The molecule has 0 bridgehead atoms. The van der Waals surface area contributed by atoms with Crippen molar-refractivity contribution in [2.75, 3.05) is 20.2 Å². The van der Waals surface area contributed by atoms with Crippen molar-refractivity contribution in [3.05, 3.63) is 29.8 Å². The van der Waals surface area contributed by atoms with Crippen LogP contribution in [0.3, 0.4) is 0 Å². The Balaban J connectivity index is 2.45. The summed E-state index contributed by atoms with van der Waals surface area (Å²) in [6.07, 6.45) is 1.56. The Morgan fingerprint density at radius 3 is 2.09 bits per heavy atom. The van der Waals surface area contributed by atoms with E-state index >= 15 is 0 Å². The average molecular weight is 306 g/mol. The lowest BCUT2D eigenvalue weighted by molar-refractivity contribution is -0.141. The molecule has 0 heterocycles. The van der Waals surface area contributed by atoms with Crippen molar-refractivity contribution in [1.82, 2.24) is 10.6 Å². The molecule has 0 saturated carbocycles. The van der Waals surface area contributed by atoms with Gasteiger partial charge in [0.05, 0.1) is 7.11 Å². The average Bonchev–Trinajstić information content (AvgIpc) is 2.52. The van der Waals surface area contributed by atoms with Crippen LogP contribution >= 0.6 is 0 Å². The van der Waals surface area contributed by atoms with E-state index in [0.29, 0.717) is 19.5 Å². The summed E-state index contributed by atoms with van der Waals surface area (Å²) in [5.41, 5.74) is 0.0454. The molecular weight excluding hydrogens is 280 g/mol. The minimum atomic E-state index is -1.06. The van der Waals surface area contributed by atoms with Gasteiger partial charge in [-0.05, 0) is 44.4 Å². The second kappa shape index (κ2) is 8.41. The summed E-state index contributed by atoms with van der Waals surface area (Å²) in [6, 6.07) is 7.70. The SMILES string of the molecule is CCCNC(=O)C(C)(C)C(=O)NCCc1ccc(OC)cc1. The van der Waals surface area contributed by atoms with Crippen LogP contribution in [0.1, 0.15) is 32.8 Å². The number of hydrogen-bond acceptors (Lipinski definition) is 3. The van der Waals surface area contributed by atoms with E-state index in [4.69, 9.17) is 4.74 Å². The van der Waals surface area contributed by atoms with E-state index in [2.05, 4.69) is 10.6 Å². The maximum Gasteiger partial charge on any atom is 0.235 e. The molecule has 2 amide bonds. The van der Waals surface area contributed by atoms with Crippen molar-refractivity contribution < 1.29 is 14.3 Å². The third-order valence-corrected chi connectivity index (χ3v) is 3.53. The first-order chi connectivity index (χ1) is 10.4. The molecule has 0 aliphatic carbocycles. The molecule has 0 fully saturated rings. The Morgan fingerprint density at radius 2 is 1.59 bits per heavy atom. The molecule has 1 rings (SSSR count). The Morgan fingerprint density at radius 1 is 1.05 bits per heavy atom. The van der Waals surface area contributed by atoms with Crippen molar-refractivity contribution in [2.45, 2.75) is 33.6 Å². The molecule has 0 aliphatic heterocycles. The largest absolute Gasteiger partial charge is 0.497 e. The Kier molecular flexibility index (Phi) is 6.89. The lowest BCUT2D eigenvalue weighted by Gasteiger charge is -2.22. The zero-order valence-electron chi connectivity index (χ0n) is 13.9. The fourth-order valence-electron chi connectivity index (χ4n) is 1.90. The van der Waals surface area contributed by atoms with E-state index in [1.54, 1.807) is 21.0 Å².